The molecule has 5 heteroatoms. The van der Waals surface area contributed by atoms with Crippen molar-refractivity contribution in [3.63, 3.8) is 0 Å². The van der Waals surface area contributed by atoms with Gasteiger partial charge in [-0.25, -0.2) is 4.98 Å². The van der Waals surface area contributed by atoms with Crippen LogP contribution < -0.4 is 11.1 Å². The van der Waals surface area contributed by atoms with Gasteiger partial charge in [-0.3, -0.25) is 4.68 Å². The maximum atomic E-state index is 5.50. The van der Waals surface area contributed by atoms with E-state index < -0.39 is 0 Å². The molecule has 2 aromatic rings. The van der Waals surface area contributed by atoms with Gasteiger partial charge in [-0.05, 0) is 24.6 Å². The molecule has 16 heavy (non-hydrogen) atoms. The summed E-state index contributed by atoms with van der Waals surface area (Å²) < 4.78 is 1.91. The molecular formula is C11H15N5. The first kappa shape index (κ1) is 10.5. The van der Waals surface area contributed by atoms with Gasteiger partial charge in [-0.2, -0.15) is 5.10 Å². The Labute approximate surface area is 94.3 Å². The van der Waals surface area contributed by atoms with Crippen molar-refractivity contribution in [1.29, 1.82) is 0 Å². The van der Waals surface area contributed by atoms with Gasteiger partial charge < -0.3 is 11.1 Å². The number of nitrogens with two attached hydrogens (primary N) is 1. The maximum absolute atomic E-state index is 5.50. The van der Waals surface area contributed by atoms with E-state index in [1.165, 1.54) is 5.56 Å². The van der Waals surface area contributed by atoms with Gasteiger partial charge in [0.1, 0.15) is 5.82 Å². The summed E-state index contributed by atoms with van der Waals surface area (Å²) in [5.74, 6) is 0.535. The second-order valence-corrected chi connectivity index (χ2v) is 3.68. The summed E-state index contributed by atoms with van der Waals surface area (Å²) in [4.78, 5) is 4.00. The number of nitrogens with one attached hydrogen (secondary N) is 1. The number of nitrogens with zero attached hydrogens (tertiary/aromatic N) is 3. The lowest BCUT2D eigenvalue weighted by atomic mass is 10.4. The molecule has 0 atom stereocenters. The lowest BCUT2D eigenvalue weighted by Gasteiger charge is -2.06. The largest absolute Gasteiger partial charge is 0.384 e. The highest BCUT2D eigenvalue weighted by Crippen LogP contribution is 2.06. The molecule has 0 aliphatic rings. The summed E-state index contributed by atoms with van der Waals surface area (Å²) in [5, 5.41) is 7.45. The Morgan fingerprint density at radius 3 is 2.88 bits per heavy atom. The fourth-order valence-electron chi connectivity index (χ4n) is 1.41. The molecule has 0 aromatic carbocycles. The normalized spacial score (nSPS) is 10.3. The third-order valence-electron chi connectivity index (χ3n) is 2.22. The van der Waals surface area contributed by atoms with Crippen LogP contribution in [0.4, 0.5) is 11.5 Å². The van der Waals surface area contributed by atoms with Crippen LogP contribution in [0.15, 0.2) is 30.7 Å². The van der Waals surface area contributed by atoms with Crippen LogP contribution in [0.25, 0.3) is 0 Å². The molecule has 0 bridgehead atoms. The van der Waals surface area contributed by atoms with Gasteiger partial charge in [0.05, 0.1) is 24.6 Å². The molecule has 0 aliphatic carbocycles. The molecule has 3 N–H and O–H groups in total. The summed E-state index contributed by atoms with van der Waals surface area (Å²) in [6, 6.07) is 3.69. The first-order valence-electron chi connectivity index (χ1n) is 5.18. The number of anilines is 2. The third kappa shape index (κ3) is 2.73. The average Bonchev–Trinajstić information content (AvgIpc) is 2.67. The monoisotopic (exact) mass is 217 g/mol. The smallest absolute Gasteiger partial charge is 0.123 e. The summed E-state index contributed by atoms with van der Waals surface area (Å²) >= 11 is 0. The van der Waals surface area contributed by atoms with Gasteiger partial charge in [0.15, 0.2) is 0 Å². The van der Waals surface area contributed by atoms with Crippen LogP contribution in [0.1, 0.15) is 5.56 Å². The summed E-state index contributed by atoms with van der Waals surface area (Å²) in [6.45, 7) is 3.67. The molecule has 2 heterocycles. The van der Waals surface area contributed by atoms with Crippen LogP contribution in [-0.4, -0.2) is 21.3 Å². The molecule has 0 unspecified atom stereocenters. The number of nitrogen functional groups attached to an aromatic ring is 1. The predicted octanol–water partition coefficient (Wildman–Crippen LogP) is 1.28. The number of hydrogen-bond donors (Lipinski definition) is 2. The standard InChI is InChI=1S/C11H15N5/c1-9-6-15-16(8-9)5-4-13-10-2-3-11(12)14-7-10/h2-3,6-8,13H,4-5H2,1H3,(H2,12,14). The highest BCUT2D eigenvalue weighted by Gasteiger charge is 1.95. The second-order valence-electron chi connectivity index (χ2n) is 3.68. The number of rotatable bonds is 4. The fraction of sp³-hybridized carbons (Fsp3) is 0.273. The van der Waals surface area contributed by atoms with E-state index in [2.05, 4.69) is 15.4 Å². The molecule has 0 saturated heterocycles. The van der Waals surface area contributed by atoms with Crippen LogP contribution in [-0.2, 0) is 6.54 Å². The SMILES string of the molecule is Cc1cnn(CCNc2ccc(N)nc2)c1. The minimum absolute atomic E-state index is 0.535. The van der Waals surface area contributed by atoms with Gasteiger partial charge in [-0.15, -0.1) is 0 Å². The molecule has 0 fully saturated rings. The fourth-order valence-corrected chi connectivity index (χ4v) is 1.41. The number of aromatic nitrogens is 3. The van der Waals surface area contributed by atoms with Crippen LogP contribution in [0, 0.1) is 6.92 Å². The quantitative estimate of drug-likeness (QED) is 0.809. The van der Waals surface area contributed by atoms with E-state index in [4.69, 9.17) is 5.73 Å². The molecular weight excluding hydrogens is 202 g/mol. The lowest BCUT2D eigenvalue weighted by Crippen LogP contribution is -2.10. The summed E-state index contributed by atoms with van der Waals surface area (Å²) in [6.07, 6.45) is 5.59. The summed E-state index contributed by atoms with van der Waals surface area (Å²) in [5.41, 5.74) is 7.64. The number of pyridine rings is 1. The molecule has 0 aliphatic heterocycles. The van der Waals surface area contributed by atoms with E-state index in [1.54, 1.807) is 12.3 Å². The Morgan fingerprint density at radius 1 is 1.38 bits per heavy atom. The third-order valence-corrected chi connectivity index (χ3v) is 2.22. The van der Waals surface area contributed by atoms with E-state index in [0.29, 0.717) is 5.82 Å². The van der Waals surface area contributed by atoms with Crippen molar-refractivity contribution in [3.8, 4) is 0 Å². The molecule has 2 rings (SSSR count). The predicted molar refractivity (Wildman–Crippen MR) is 64.1 cm³/mol. The van der Waals surface area contributed by atoms with Crippen molar-refractivity contribution < 1.29 is 0 Å². The van der Waals surface area contributed by atoms with Crippen molar-refractivity contribution in [2.75, 3.05) is 17.6 Å². The van der Waals surface area contributed by atoms with E-state index in [-0.39, 0.29) is 0 Å². The minimum atomic E-state index is 0.535. The Balaban J connectivity index is 1.82. The molecule has 5 nitrogen and oxygen atoms in total. The topological polar surface area (TPSA) is 68.8 Å². The van der Waals surface area contributed by atoms with Gasteiger partial charge in [0, 0.05) is 12.7 Å². The molecule has 0 saturated carbocycles. The van der Waals surface area contributed by atoms with Gasteiger partial charge >= 0.3 is 0 Å². The zero-order chi connectivity index (χ0) is 11.4. The van der Waals surface area contributed by atoms with Gasteiger partial charge in [0.2, 0.25) is 0 Å². The first-order valence-corrected chi connectivity index (χ1v) is 5.18. The zero-order valence-corrected chi connectivity index (χ0v) is 9.22. The van der Waals surface area contributed by atoms with Crippen LogP contribution in [0.2, 0.25) is 0 Å². The molecule has 0 radical (unpaired) electrons. The van der Waals surface area contributed by atoms with Gasteiger partial charge in [-0.1, -0.05) is 0 Å². The van der Waals surface area contributed by atoms with Crippen molar-refractivity contribution in [2.24, 2.45) is 0 Å². The van der Waals surface area contributed by atoms with Crippen molar-refractivity contribution in [3.05, 3.63) is 36.3 Å². The zero-order valence-electron chi connectivity index (χ0n) is 9.22. The van der Waals surface area contributed by atoms with E-state index in [0.717, 1.165) is 18.8 Å². The maximum Gasteiger partial charge on any atom is 0.123 e. The number of aryl methyl sites for hydroxylation is 1. The molecule has 0 amide bonds. The molecule has 84 valence electrons. The Morgan fingerprint density at radius 2 is 2.25 bits per heavy atom. The Bertz CT molecular complexity index is 446. The van der Waals surface area contributed by atoms with Crippen LogP contribution in [0.3, 0.4) is 0 Å². The molecule has 0 spiro atoms. The van der Waals surface area contributed by atoms with Crippen molar-refractivity contribution in [2.45, 2.75) is 13.5 Å². The van der Waals surface area contributed by atoms with Gasteiger partial charge in [0.25, 0.3) is 0 Å². The van der Waals surface area contributed by atoms with E-state index >= 15 is 0 Å². The first-order chi connectivity index (χ1) is 7.74. The lowest BCUT2D eigenvalue weighted by molar-refractivity contribution is 0.637. The summed E-state index contributed by atoms with van der Waals surface area (Å²) in [7, 11) is 0. The second kappa shape index (κ2) is 4.65. The molecule has 2 aromatic heterocycles. The Kier molecular flexibility index (Phi) is 3.05. The van der Waals surface area contributed by atoms with E-state index in [1.807, 2.05) is 30.1 Å². The average molecular weight is 217 g/mol. The van der Waals surface area contributed by atoms with E-state index in [9.17, 15) is 0 Å². The van der Waals surface area contributed by atoms with Crippen LogP contribution >= 0.6 is 0 Å². The minimum Gasteiger partial charge on any atom is -0.384 e. The highest BCUT2D eigenvalue weighted by atomic mass is 15.3. The van der Waals surface area contributed by atoms with Crippen molar-refractivity contribution in [1.82, 2.24) is 14.8 Å². The van der Waals surface area contributed by atoms with Crippen molar-refractivity contribution >= 4 is 11.5 Å². The Hall–Kier alpha value is -2.04. The highest BCUT2D eigenvalue weighted by molar-refractivity contribution is 5.45. The number of hydrogen-bond acceptors (Lipinski definition) is 4. The van der Waals surface area contributed by atoms with Crippen LogP contribution in [0.5, 0.6) is 0 Å².